The first-order chi connectivity index (χ1) is 8.53. The van der Waals surface area contributed by atoms with Crippen molar-refractivity contribution in [3.63, 3.8) is 0 Å². The van der Waals surface area contributed by atoms with Crippen molar-refractivity contribution in [2.45, 2.75) is 17.5 Å². The van der Waals surface area contributed by atoms with E-state index in [1.165, 1.54) is 0 Å². The van der Waals surface area contributed by atoms with E-state index in [-0.39, 0.29) is 0 Å². The quantitative estimate of drug-likeness (QED) is 0.634. The van der Waals surface area contributed by atoms with E-state index in [0.29, 0.717) is 12.1 Å². The van der Waals surface area contributed by atoms with Gasteiger partial charge in [-0.3, -0.25) is 0 Å². The van der Waals surface area contributed by atoms with Crippen LogP contribution in [0.3, 0.4) is 0 Å². The highest BCUT2D eigenvalue weighted by Gasteiger charge is 2.39. The smallest absolute Gasteiger partial charge is 0.417 e. The van der Waals surface area contributed by atoms with Gasteiger partial charge in [0.1, 0.15) is 12.4 Å². The fourth-order valence-corrected chi connectivity index (χ4v) is 2.07. The number of alkyl halides is 5. The van der Waals surface area contributed by atoms with Crippen LogP contribution >= 0.6 is 0 Å². The van der Waals surface area contributed by atoms with Crippen molar-refractivity contribution in [1.82, 2.24) is 0 Å². The molecule has 19 heavy (non-hydrogen) atoms. The highest BCUT2D eigenvalue weighted by Crippen LogP contribution is 2.39. The van der Waals surface area contributed by atoms with Crippen LogP contribution in [0.2, 0.25) is 0 Å². The van der Waals surface area contributed by atoms with Gasteiger partial charge in [-0.2, -0.15) is 21.6 Å². The number of halogens is 6. The molecule has 10 heteroatoms. The molecule has 0 fully saturated rings. The average Bonchev–Trinajstić information content (AvgIpc) is 2.23. The Bertz CT molecular complexity index is 552. The Morgan fingerprint density at radius 1 is 1.21 bits per heavy atom. The number of rotatable bonds is 4. The third-order valence-corrected chi connectivity index (χ3v) is 2.80. The normalized spacial score (nSPS) is 12.8. The molecule has 0 aliphatic carbocycles. The van der Waals surface area contributed by atoms with Gasteiger partial charge in [-0.15, -0.1) is 3.89 Å². The van der Waals surface area contributed by atoms with Gasteiger partial charge in [0.15, 0.2) is 4.90 Å². The van der Waals surface area contributed by atoms with E-state index in [2.05, 4.69) is 4.74 Å². The van der Waals surface area contributed by atoms with E-state index in [1.54, 1.807) is 0 Å². The lowest BCUT2D eigenvalue weighted by Crippen LogP contribution is -2.14. The number of hydrogen-bond acceptors (Lipinski definition) is 3. The second-order valence-electron chi connectivity index (χ2n) is 3.27. The lowest BCUT2D eigenvalue weighted by molar-refractivity contribution is -0.140. The molecule has 0 N–H and O–H groups in total. The summed E-state index contributed by atoms with van der Waals surface area (Å²) >= 11 is 0. The van der Waals surface area contributed by atoms with Crippen LogP contribution in [-0.2, 0) is 16.4 Å². The summed E-state index contributed by atoms with van der Waals surface area (Å²) < 4.78 is 99.9. The minimum absolute atomic E-state index is 0.307. The molecule has 0 aliphatic heterocycles. The van der Waals surface area contributed by atoms with Gasteiger partial charge in [0.2, 0.25) is 0 Å². The zero-order valence-electron chi connectivity index (χ0n) is 8.92. The van der Waals surface area contributed by atoms with Crippen molar-refractivity contribution in [2.75, 3.05) is 6.61 Å². The minimum atomic E-state index is -5.79. The molecule has 0 aliphatic rings. The van der Waals surface area contributed by atoms with Gasteiger partial charge in [0, 0.05) is 0 Å². The van der Waals surface area contributed by atoms with Crippen molar-refractivity contribution in [2.24, 2.45) is 0 Å². The Hall–Kier alpha value is -1.45. The Kier molecular flexibility index (Phi) is 4.33. The molecule has 3 nitrogen and oxygen atoms in total. The molecule has 0 radical (unpaired) electrons. The van der Waals surface area contributed by atoms with Crippen LogP contribution < -0.4 is 4.74 Å². The van der Waals surface area contributed by atoms with Crippen LogP contribution in [0.5, 0.6) is 5.75 Å². The third-order valence-electron chi connectivity index (χ3n) is 1.89. The van der Waals surface area contributed by atoms with E-state index in [1.807, 2.05) is 0 Å². The summed E-state index contributed by atoms with van der Waals surface area (Å²) in [5.41, 5.74) is -1.82. The van der Waals surface area contributed by atoms with Crippen molar-refractivity contribution < 1.29 is 39.0 Å². The summed E-state index contributed by atoms with van der Waals surface area (Å²) in [6, 6.07) is 1.68. The highest BCUT2D eigenvalue weighted by atomic mass is 32.3. The van der Waals surface area contributed by atoms with E-state index < -0.39 is 45.6 Å². The summed E-state index contributed by atoms with van der Waals surface area (Å²) in [6.07, 6.45) is -8.22. The molecule has 1 aromatic carbocycles. The molecule has 0 spiro atoms. The molecular formula is C9H6F6O3S. The van der Waals surface area contributed by atoms with Gasteiger partial charge in [0.25, 0.3) is 6.43 Å². The molecule has 0 amide bonds. The second-order valence-corrected chi connectivity index (χ2v) is 4.55. The second kappa shape index (κ2) is 5.27. The number of hydrogen-bond donors (Lipinski definition) is 0. The standard InChI is InChI=1S/C9H6F6O3S/c10-7(11)4-18-6-3-1-2-5(9(12,13)14)8(6)19(15,16)17/h1-3,7H,4H2. The molecule has 0 bridgehead atoms. The van der Waals surface area contributed by atoms with E-state index >= 15 is 0 Å². The molecular weight excluding hydrogens is 302 g/mol. The molecule has 0 unspecified atom stereocenters. The zero-order chi connectivity index (χ0) is 14.8. The van der Waals surface area contributed by atoms with Crippen molar-refractivity contribution in [3.05, 3.63) is 23.8 Å². The molecule has 0 atom stereocenters. The lowest BCUT2D eigenvalue weighted by atomic mass is 10.2. The SMILES string of the molecule is O=S(=O)(F)c1c(OCC(F)F)cccc1C(F)(F)F. The van der Waals surface area contributed by atoms with Crippen LogP contribution in [0, 0.1) is 0 Å². The Balaban J connectivity index is 3.40. The first-order valence-electron chi connectivity index (χ1n) is 4.59. The van der Waals surface area contributed by atoms with Gasteiger partial charge in [0.05, 0.1) is 5.56 Å². The highest BCUT2D eigenvalue weighted by molar-refractivity contribution is 7.86. The molecule has 0 saturated carbocycles. The van der Waals surface area contributed by atoms with E-state index in [9.17, 15) is 34.3 Å². The summed E-state index contributed by atoms with van der Waals surface area (Å²) in [5.74, 6) is -1.11. The summed E-state index contributed by atoms with van der Waals surface area (Å²) in [7, 11) is -5.79. The Morgan fingerprint density at radius 3 is 2.21 bits per heavy atom. The maximum absolute atomic E-state index is 12.9. The number of ether oxygens (including phenoxy) is 1. The maximum Gasteiger partial charge on any atom is 0.417 e. The van der Waals surface area contributed by atoms with Gasteiger partial charge >= 0.3 is 16.4 Å². The topological polar surface area (TPSA) is 43.4 Å². The van der Waals surface area contributed by atoms with Crippen molar-refractivity contribution in [1.29, 1.82) is 0 Å². The minimum Gasteiger partial charge on any atom is -0.486 e. The molecule has 108 valence electrons. The summed E-state index contributed by atoms with van der Waals surface area (Å²) in [4.78, 5) is -1.80. The van der Waals surface area contributed by atoms with Gasteiger partial charge in [-0.1, -0.05) is 6.07 Å². The van der Waals surface area contributed by atoms with Gasteiger partial charge in [-0.05, 0) is 12.1 Å². The average molecular weight is 308 g/mol. The number of benzene rings is 1. The molecule has 0 heterocycles. The van der Waals surface area contributed by atoms with Crippen LogP contribution in [0.4, 0.5) is 25.8 Å². The van der Waals surface area contributed by atoms with E-state index in [4.69, 9.17) is 0 Å². The van der Waals surface area contributed by atoms with Crippen LogP contribution in [-0.4, -0.2) is 21.5 Å². The Labute approximate surface area is 104 Å². The molecule has 0 aromatic heterocycles. The first kappa shape index (κ1) is 15.6. The molecule has 1 aromatic rings. The molecule has 1 rings (SSSR count). The molecule has 0 saturated heterocycles. The van der Waals surface area contributed by atoms with E-state index in [0.717, 1.165) is 6.07 Å². The predicted molar refractivity (Wildman–Crippen MR) is 51.2 cm³/mol. The Morgan fingerprint density at radius 2 is 1.79 bits per heavy atom. The predicted octanol–water partition coefficient (Wildman–Crippen LogP) is 3.01. The fourth-order valence-electron chi connectivity index (χ4n) is 1.26. The fraction of sp³-hybridized carbons (Fsp3) is 0.333. The zero-order valence-corrected chi connectivity index (χ0v) is 9.73. The lowest BCUT2D eigenvalue weighted by Gasteiger charge is -2.14. The van der Waals surface area contributed by atoms with Crippen molar-refractivity contribution >= 4 is 10.2 Å². The monoisotopic (exact) mass is 308 g/mol. The summed E-state index contributed by atoms with van der Waals surface area (Å²) in [6.45, 7) is -1.36. The summed E-state index contributed by atoms with van der Waals surface area (Å²) in [5, 5.41) is 0. The first-order valence-corrected chi connectivity index (χ1v) is 5.97. The van der Waals surface area contributed by atoms with Gasteiger partial charge < -0.3 is 4.74 Å². The van der Waals surface area contributed by atoms with Crippen LogP contribution in [0.1, 0.15) is 5.56 Å². The van der Waals surface area contributed by atoms with Gasteiger partial charge in [-0.25, -0.2) is 8.78 Å². The van der Waals surface area contributed by atoms with Crippen LogP contribution in [0.25, 0.3) is 0 Å². The van der Waals surface area contributed by atoms with Crippen molar-refractivity contribution in [3.8, 4) is 5.75 Å². The maximum atomic E-state index is 12.9. The largest absolute Gasteiger partial charge is 0.486 e. The van der Waals surface area contributed by atoms with Crippen LogP contribution in [0.15, 0.2) is 23.1 Å². The third kappa shape index (κ3) is 4.01.